The van der Waals surface area contributed by atoms with E-state index in [1.807, 2.05) is 35.4 Å². The summed E-state index contributed by atoms with van der Waals surface area (Å²) in [5.41, 5.74) is 1.66. The van der Waals surface area contributed by atoms with Crippen molar-refractivity contribution in [3.8, 4) is 11.5 Å². The fourth-order valence-electron chi connectivity index (χ4n) is 3.23. The normalized spacial score (nSPS) is 19.9. The first-order chi connectivity index (χ1) is 11.2. The third-order valence-corrected chi connectivity index (χ3v) is 5.08. The van der Waals surface area contributed by atoms with Gasteiger partial charge in [-0.3, -0.25) is 4.79 Å². The monoisotopic (exact) mass is 330 g/mol. The molecule has 1 aromatic heterocycles. The fourth-order valence-corrected chi connectivity index (χ4v) is 3.82. The van der Waals surface area contributed by atoms with E-state index in [0.717, 1.165) is 41.5 Å². The molecule has 3 heterocycles. The first-order valence-electron chi connectivity index (χ1n) is 7.85. The van der Waals surface area contributed by atoms with Crippen LogP contribution < -0.4 is 9.47 Å². The molecule has 120 valence electrons. The predicted molar refractivity (Wildman–Crippen MR) is 87.3 cm³/mol. The number of hydrogen-bond donors (Lipinski definition) is 0. The van der Waals surface area contributed by atoms with Gasteiger partial charge < -0.3 is 14.4 Å². The van der Waals surface area contributed by atoms with E-state index in [2.05, 4.69) is 4.98 Å². The summed E-state index contributed by atoms with van der Waals surface area (Å²) in [7, 11) is 0. The standard InChI is InChI=1S/C17H18N2O3S/c1-11-18-13(10-23-11)17(20)19-6-2-3-14(19)12-4-5-15-16(9-12)22-8-7-21-15/h4-5,9-10,14H,2-3,6-8H2,1H3/t14-/m1/s1. The second-order valence-electron chi connectivity index (χ2n) is 5.81. The number of nitrogens with zero attached hydrogens (tertiary/aromatic N) is 2. The number of thiazole rings is 1. The van der Waals surface area contributed by atoms with E-state index in [1.165, 1.54) is 11.3 Å². The molecule has 0 aliphatic carbocycles. The van der Waals surface area contributed by atoms with Gasteiger partial charge in [0, 0.05) is 11.9 Å². The lowest BCUT2D eigenvalue weighted by Crippen LogP contribution is -2.31. The van der Waals surface area contributed by atoms with Crippen LogP contribution in [0.4, 0.5) is 0 Å². The number of amides is 1. The molecule has 23 heavy (non-hydrogen) atoms. The molecule has 1 aromatic carbocycles. The van der Waals surface area contributed by atoms with Crippen molar-refractivity contribution in [3.05, 3.63) is 39.8 Å². The van der Waals surface area contributed by atoms with Gasteiger partial charge in [0.25, 0.3) is 5.91 Å². The largest absolute Gasteiger partial charge is 0.486 e. The van der Waals surface area contributed by atoms with E-state index in [4.69, 9.17) is 9.47 Å². The zero-order chi connectivity index (χ0) is 15.8. The summed E-state index contributed by atoms with van der Waals surface area (Å²) in [4.78, 5) is 19.0. The fraction of sp³-hybridized carbons (Fsp3) is 0.412. The van der Waals surface area contributed by atoms with Gasteiger partial charge in [0.1, 0.15) is 18.9 Å². The van der Waals surface area contributed by atoms with Gasteiger partial charge in [-0.05, 0) is 37.5 Å². The van der Waals surface area contributed by atoms with Crippen LogP contribution in [0.5, 0.6) is 11.5 Å². The highest BCUT2D eigenvalue weighted by Gasteiger charge is 2.32. The van der Waals surface area contributed by atoms with Crippen molar-refractivity contribution < 1.29 is 14.3 Å². The third kappa shape index (κ3) is 2.67. The molecule has 6 heteroatoms. The molecule has 2 aliphatic heterocycles. The first kappa shape index (κ1) is 14.5. The Balaban J connectivity index is 1.61. The van der Waals surface area contributed by atoms with Crippen molar-refractivity contribution in [2.45, 2.75) is 25.8 Å². The highest BCUT2D eigenvalue weighted by Crippen LogP contribution is 2.38. The lowest BCUT2D eigenvalue weighted by Gasteiger charge is -2.26. The molecule has 0 bridgehead atoms. The SMILES string of the molecule is Cc1nc(C(=O)N2CCC[C@@H]2c2ccc3c(c2)OCCO3)cs1. The number of benzene rings is 1. The molecule has 0 radical (unpaired) electrons. The van der Waals surface area contributed by atoms with E-state index in [9.17, 15) is 4.79 Å². The summed E-state index contributed by atoms with van der Waals surface area (Å²) in [6.07, 6.45) is 1.97. The molecule has 4 rings (SSSR count). The molecule has 0 saturated carbocycles. The molecule has 0 spiro atoms. The minimum absolute atomic E-state index is 0.0201. The van der Waals surface area contributed by atoms with Crippen LogP contribution in [0, 0.1) is 6.92 Å². The summed E-state index contributed by atoms with van der Waals surface area (Å²) in [6.45, 7) is 3.85. The number of hydrogen-bond acceptors (Lipinski definition) is 5. The highest BCUT2D eigenvalue weighted by atomic mass is 32.1. The highest BCUT2D eigenvalue weighted by molar-refractivity contribution is 7.09. The van der Waals surface area contributed by atoms with Crippen molar-refractivity contribution in [2.75, 3.05) is 19.8 Å². The van der Waals surface area contributed by atoms with Crippen molar-refractivity contribution in [1.82, 2.24) is 9.88 Å². The maximum Gasteiger partial charge on any atom is 0.273 e. The molecule has 0 N–H and O–H groups in total. The van der Waals surface area contributed by atoms with E-state index in [0.29, 0.717) is 18.9 Å². The minimum atomic E-state index is 0.0201. The van der Waals surface area contributed by atoms with Crippen LogP contribution >= 0.6 is 11.3 Å². The average Bonchev–Trinajstić information content (AvgIpc) is 3.23. The Morgan fingerprint density at radius 2 is 2.13 bits per heavy atom. The number of rotatable bonds is 2. The summed E-state index contributed by atoms with van der Waals surface area (Å²) < 4.78 is 11.2. The van der Waals surface area contributed by atoms with Crippen LogP contribution in [-0.2, 0) is 0 Å². The molecule has 2 aliphatic rings. The average molecular weight is 330 g/mol. The van der Waals surface area contributed by atoms with Crippen LogP contribution in [0.25, 0.3) is 0 Å². The number of fused-ring (bicyclic) bond motifs is 1. The van der Waals surface area contributed by atoms with E-state index >= 15 is 0 Å². The van der Waals surface area contributed by atoms with Crippen molar-refractivity contribution in [2.24, 2.45) is 0 Å². The van der Waals surface area contributed by atoms with E-state index < -0.39 is 0 Å². The molecule has 5 nitrogen and oxygen atoms in total. The second-order valence-corrected chi connectivity index (χ2v) is 6.87. The third-order valence-electron chi connectivity index (χ3n) is 4.30. The quantitative estimate of drug-likeness (QED) is 0.848. The molecule has 1 fully saturated rings. The molecule has 0 unspecified atom stereocenters. The van der Waals surface area contributed by atoms with E-state index in [1.54, 1.807) is 0 Å². The first-order valence-corrected chi connectivity index (χ1v) is 8.73. The number of ether oxygens (including phenoxy) is 2. The zero-order valence-corrected chi connectivity index (χ0v) is 13.8. The summed E-state index contributed by atoms with van der Waals surface area (Å²) >= 11 is 1.51. The molecule has 1 atom stereocenters. The van der Waals surface area contributed by atoms with Gasteiger partial charge in [0.2, 0.25) is 0 Å². The van der Waals surface area contributed by atoms with Crippen molar-refractivity contribution in [3.63, 3.8) is 0 Å². The van der Waals surface area contributed by atoms with Crippen LogP contribution in [0.2, 0.25) is 0 Å². The lowest BCUT2D eigenvalue weighted by molar-refractivity contribution is 0.0730. The van der Waals surface area contributed by atoms with Crippen LogP contribution in [0.1, 0.15) is 39.9 Å². The van der Waals surface area contributed by atoms with Crippen molar-refractivity contribution in [1.29, 1.82) is 0 Å². The summed E-state index contributed by atoms with van der Waals surface area (Å²) in [6, 6.07) is 6.07. The van der Waals surface area contributed by atoms with Crippen LogP contribution in [0.3, 0.4) is 0 Å². The molecule has 1 amide bonds. The number of carbonyl (C=O) groups is 1. The van der Waals surface area contributed by atoms with Crippen molar-refractivity contribution >= 4 is 17.2 Å². The van der Waals surface area contributed by atoms with Gasteiger partial charge in [-0.1, -0.05) is 6.07 Å². The molecule has 1 saturated heterocycles. The van der Waals surface area contributed by atoms with Gasteiger partial charge >= 0.3 is 0 Å². The van der Waals surface area contributed by atoms with Gasteiger partial charge in [-0.2, -0.15) is 0 Å². The van der Waals surface area contributed by atoms with Gasteiger partial charge in [-0.15, -0.1) is 11.3 Å². The van der Waals surface area contributed by atoms with Gasteiger partial charge in [0.15, 0.2) is 11.5 Å². The number of aryl methyl sites for hydroxylation is 1. The Bertz CT molecular complexity index is 743. The Hall–Kier alpha value is -2.08. The lowest BCUT2D eigenvalue weighted by atomic mass is 10.0. The zero-order valence-electron chi connectivity index (χ0n) is 12.9. The Labute approximate surface area is 138 Å². The van der Waals surface area contributed by atoms with Gasteiger partial charge in [0.05, 0.1) is 11.0 Å². The predicted octanol–water partition coefficient (Wildman–Crippen LogP) is 3.20. The molecular weight excluding hydrogens is 312 g/mol. The topological polar surface area (TPSA) is 51.7 Å². The molecule has 2 aromatic rings. The maximum absolute atomic E-state index is 12.7. The minimum Gasteiger partial charge on any atom is -0.486 e. The van der Waals surface area contributed by atoms with E-state index in [-0.39, 0.29) is 11.9 Å². The number of likely N-dealkylation sites (tertiary alicyclic amines) is 1. The maximum atomic E-state index is 12.7. The smallest absolute Gasteiger partial charge is 0.273 e. The van der Waals surface area contributed by atoms with Crippen LogP contribution in [0.15, 0.2) is 23.6 Å². The number of carbonyl (C=O) groups excluding carboxylic acids is 1. The summed E-state index contributed by atoms with van der Waals surface area (Å²) in [5, 5.41) is 2.76. The molecular formula is C17H18N2O3S. The summed E-state index contributed by atoms with van der Waals surface area (Å²) in [5.74, 6) is 1.58. The number of aromatic nitrogens is 1. The Morgan fingerprint density at radius 3 is 2.91 bits per heavy atom. The Morgan fingerprint density at radius 1 is 1.30 bits per heavy atom. The Kier molecular flexibility index (Phi) is 3.69. The van der Waals surface area contributed by atoms with Crippen LogP contribution in [-0.4, -0.2) is 35.5 Å². The van der Waals surface area contributed by atoms with Gasteiger partial charge in [-0.25, -0.2) is 4.98 Å². The second kappa shape index (κ2) is 5.85.